The van der Waals surface area contributed by atoms with E-state index >= 15 is 0 Å². The third kappa shape index (κ3) is 4.36. The molecule has 0 amide bonds. The van der Waals surface area contributed by atoms with Gasteiger partial charge in [-0.2, -0.15) is 5.11 Å². The van der Waals surface area contributed by atoms with Gasteiger partial charge in [-0.1, -0.05) is 46.3 Å². The summed E-state index contributed by atoms with van der Waals surface area (Å²) in [6.45, 7) is 0. The van der Waals surface area contributed by atoms with Crippen LogP contribution in [0.1, 0.15) is 5.56 Å². The molecule has 122 valence electrons. The van der Waals surface area contributed by atoms with Gasteiger partial charge in [0.05, 0.1) is 12.8 Å². The molecule has 0 bridgehead atoms. The third-order valence-corrected chi connectivity index (χ3v) is 3.48. The maximum atomic E-state index is 12.1. The molecule has 1 N–H and O–H groups in total. The van der Waals surface area contributed by atoms with Crippen LogP contribution >= 0.6 is 15.9 Å². The molecule has 0 heterocycles. The average Bonchev–Trinajstić information content (AvgIpc) is 2.62. The number of carbonyl (C=O) groups excluding carboxylic acids is 2. The van der Waals surface area contributed by atoms with Crippen molar-refractivity contribution < 1.29 is 19.4 Å². The standard InChI is InChI=1S/C17H13BrN2O4/c1-24-17(23)16(22)14(20-19-13-5-3-2-4-6-13)15(21)11-7-9-12(18)10-8-11/h2-10,21H,1H3. The van der Waals surface area contributed by atoms with E-state index in [0.717, 1.165) is 11.6 Å². The van der Waals surface area contributed by atoms with Crippen molar-refractivity contribution in [2.75, 3.05) is 7.11 Å². The summed E-state index contributed by atoms with van der Waals surface area (Å²) in [6.07, 6.45) is 0. The van der Waals surface area contributed by atoms with Crippen molar-refractivity contribution in [1.82, 2.24) is 0 Å². The maximum absolute atomic E-state index is 12.1. The zero-order chi connectivity index (χ0) is 17.5. The number of ketones is 1. The van der Waals surface area contributed by atoms with E-state index in [9.17, 15) is 14.7 Å². The van der Waals surface area contributed by atoms with E-state index in [2.05, 4.69) is 30.9 Å². The van der Waals surface area contributed by atoms with Gasteiger partial charge in [0.15, 0.2) is 11.5 Å². The van der Waals surface area contributed by atoms with Crippen LogP contribution in [-0.4, -0.2) is 24.0 Å². The molecule has 7 heteroatoms. The van der Waals surface area contributed by atoms with Gasteiger partial charge in [0.2, 0.25) is 0 Å². The number of carbonyl (C=O) groups is 2. The summed E-state index contributed by atoms with van der Waals surface area (Å²) in [4.78, 5) is 23.7. The number of aliphatic hydroxyl groups excluding tert-OH is 1. The fourth-order valence-electron chi connectivity index (χ4n) is 1.74. The predicted octanol–water partition coefficient (Wildman–Crippen LogP) is 4.20. The molecule has 0 aliphatic rings. The number of ether oxygens (including phenoxy) is 1. The number of benzene rings is 2. The maximum Gasteiger partial charge on any atom is 0.381 e. The van der Waals surface area contributed by atoms with Gasteiger partial charge in [0.25, 0.3) is 5.78 Å². The van der Waals surface area contributed by atoms with Gasteiger partial charge in [-0.25, -0.2) is 4.79 Å². The first-order valence-corrected chi connectivity index (χ1v) is 7.61. The lowest BCUT2D eigenvalue weighted by Gasteiger charge is -2.05. The van der Waals surface area contributed by atoms with Crippen molar-refractivity contribution in [3.8, 4) is 0 Å². The fraction of sp³-hybridized carbons (Fsp3) is 0.0588. The van der Waals surface area contributed by atoms with Crippen LogP contribution in [-0.2, 0) is 14.3 Å². The number of aliphatic hydroxyl groups is 1. The minimum atomic E-state index is -1.14. The van der Waals surface area contributed by atoms with Gasteiger partial charge >= 0.3 is 5.97 Å². The van der Waals surface area contributed by atoms with Crippen molar-refractivity contribution in [3.05, 3.63) is 70.3 Å². The van der Waals surface area contributed by atoms with Crippen molar-refractivity contribution in [2.24, 2.45) is 10.2 Å². The van der Waals surface area contributed by atoms with Gasteiger partial charge in [-0.3, -0.25) is 4.79 Å². The van der Waals surface area contributed by atoms with E-state index in [-0.39, 0.29) is 0 Å². The predicted molar refractivity (Wildman–Crippen MR) is 91.7 cm³/mol. The number of rotatable bonds is 5. The molecule has 0 atom stereocenters. The highest BCUT2D eigenvalue weighted by molar-refractivity contribution is 9.10. The highest BCUT2D eigenvalue weighted by Gasteiger charge is 2.24. The summed E-state index contributed by atoms with van der Waals surface area (Å²) in [5.41, 5.74) is 0.293. The summed E-state index contributed by atoms with van der Waals surface area (Å²) in [5, 5.41) is 18.0. The molecule has 0 saturated carbocycles. The fourth-order valence-corrected chi connectivity index (χ4v) is 2.00. The lowest BCUT2D eigenvalue weighted by molar-refractivity contribution is -0.149. The van der Waals surface area contributed by atoms with Crippen molar-refractivity contribution in [2.45, 2.75) is 0 Å². The molecule has 0 saturated heterocycles. The third-order valence-electron chi connectivity index (χ3n) is 2.95. The lowest BCUT2D eigenvalue weighted by Crippen LogP contribution is -2.18. The second-order valence-electron chi connectivity index (χ2n) is 4.56. The molecule has 0 aliphatic carbocycles. The molecule has 0 spiro atoms. The minimum Gasteiger partial charge on any atom is -0.505 e. The summed E-state index contributed by atoms with van der Waals surface area (Å²) < 4.78 is 5.20. The Bertz CT molecular complexity index is 799. The van der Waals surface area contributed by atoms with Crippen molar-refractivity contribution >= 4 is 39.1 Å². The van der Waals surface area contributed by atoms with Crippen molar-refractivity contribution in [1.29, 1.82) is 0 Å². The molecule has 0 aromatic heterocycles. The summed E-state index contributed by atoms with van der Waals surface area (Å²) in [6, 6.07) is 15.1. The molecule has 0 fully saturated rings. The first-order valence-electron chi connectivity index (χ1n) is 6.81. The Morgan fingerprint density at radius 3 is 2.25 bits per heavy atom. The molecule has 2 aromatic rings. The first-order chi connectivity index (χ1) is 11.5. The molecule has 2 rings (SSSR count). The quantitative estimate of drug-likeness (QED) is 0.273. The van der Waals surface area contributed by atoms with Gasteiger partial charge in [-0.05, 0) is 24.3 Å². The number of azo groups is 1. The largest absolute Gasteiger partial charge is 0.505 e. The number of nitrogens with zero attached hydrogens (tertiary/aromatic N) is 2. The molecule has 2 aromatic carbocycles. The van der Waals surface area contributed by atoms with Crippen LogP contribution < -0.4 is 0 Å². The van der Waals surface area contributed by atoms with E-state index in [1.165, 1.54) is 0 Å². The van der Waals surface area contributed by atoms with E-state index in [1.54, 1.807) is 54.6 Å². The monoisotopic (exact) mass is 388 g/mol. The molecular formula is C17H13BrN2O4. The van der Waals surface area contributed by atoms with Crippen LogP contribution in [0.25, 0.3) is 5.76 Å². The Hall–Kier alpha value is -2.80. The normalized spacial score (nSPS) is 11.9. The Kier molecular flexibility index (Phi) is 5.97. The topological polar surface area (TPSA) is 88.3 Å². The highest BCUT2D eigenvalue weighted by Crippen LogP contribution is 2.22. The van der Waals surface area contributed by atoms with Crippen LogP contribution in [0.15, 0.2) is 75.0 Å². The van der Waals surface area contributed by atoms with E-state index in [0.29, 0.717) is 11.3 Å². The average molecular weight is 389 g/mol. The zero-order valence-corrected chi connectivity index (χ0v) is 14.2. The van der Waals surface area contributed by atoms with Gasteiger partial charge in [0.1, 0.15) is 0 Å². The Labute approximate surface area is 146 Å². The van der Waals surface area contributed by atoms with Crippen LogP contribution in [0, 0.1) is 0 Å². The zero-order valence-electron chi connectivity index (χ0n) is 12.6. The minimum absolute atomic E-state index is 0.317. The van der Waals surface area contributed by atoms with Crippen molar-refractivity contribution in [3.63, 3.8) is 0 Å². The number of hydrogen-bond acceptors (Lipinski definition) is 6. The molecule has 0 unspecified atom stereocenters. The second kappa shape index (κ2) is 8.16. The number of Topliss-reactive ketones (excluding diaryl/α,β-unsaturated/α-hetero) is 1. The van der Waals surface area contributed by atoms with E-state index in [4.69, 9.17) is 0 Å². The van der Waals surface area contributed by atoms with Crippen LogP contribution in [0.2, 0.25) is 0 Å². The number of halogens is 1. The Morgan fingerprint density at radius 2 is 1.67 bits per heavy atom. The van der Waals surface area contributed by atoms with Gasteiger partial charge in [0, 0.05) is 10.0 Å². The van der Waals surface area contributed by atoms with Crippen LogP contribution in [0.5, 0.6) is 0 Å². The Balaban J connectivity index is 2.47. The molecular weight excluding hydrogens is 376 g/mol. The van der Waals surface area contributed by atoms with Gasteiger partial charge < -0.3 is 9.84 Å². The smallest absolute Gasteiger partial charge is 0.381 e. The molecule has 6 nitrogen and oxygen atoms in total. The molecule has 0 radical (unpaired) electrons. The second-order valence-corrected chi connectivity index (χ2v) is 5.48. The summed E-state index contributed by atoms with van der Waals surface area (Å²) in [5.74, 6) is -2.68. The van der Waals surface area contributed by atoms with Crippen LogP contribution in [0.4, 0.5) is 5.69 Å². The molecule has 24 heavy (non-hydrogen) atoms. The Morgan fingerprint density at radius 1 is 1.04 bits per heavy atom. The molecule has 0 aliphatic heterocycles. The highest BCUT2D eigenvalue weighted by atomic mass is 79.9. The lowest BCUT2D eigenvalue weighted by atomic mass is 10.1. The number of methoxy groups -OCH3 is 1. The number of hydrogen-bond donors (Lipinski definition) is 1. The summed E-state index contributed by atoms with van der Waals surface area (Å²) >= 11 is 3.28. The van der Waals surface area contributed by atoms with Gasteiger partial charge in [-0.15, -0.1) is 5.11 Å². The first kappa shape index (κ1) is 17.6. The van der Waals surface area contributed by atoms with Crippen LogP contribution in [0.3, 0.4) is 0 Å². The van der Waals surface area contributed by atoms with E-state index in [1.807, 2.05) is 0 Å². The number of esters is 1. The summed E-state index contributed by atoms with van der Waals surface area (Å²) in [7, 11) is 1.07. The SMILES string of the molecule is COC(=O)C(=O)C(N=Nc1ccccc1)=C(O)c1ccc(Br)cc1. The van der Waals surface area contributed by atoms with E-state index < -0.39 is 23.2 Å².